The van der Waals surface area contributed by atoms with Crippen molar-refractivity contribution < 1.29 is 14.3 Å². The van der Waals surface area contributed by atoms with Crippen molar-refractivity contribution in [1.82, 2.24) is 9.55 Å². The third-order valence-electron chi connectivity index (χ3n) is 5.95. The highest BCUT2D eigenvalue weighted by Gasteiger charge is 2.16. The van der Waals surface area contributed by atoms with Gasteiger partial charge in [-0.05, 0) is 40.6 Å². The zero-order valence-electron chi connectivity index (χ0n) is 19.1. The van der Waals surface area contributed by atoms with Gasteiger partial charge in [-0.3, -0.25) is 4.79 Å². The van der Waals surface area contributed by atoms with Gasteiger partial charge in [0, 0.05) is 12.5 Å². The number of benzene rings is 4. The van der Waals surface area contributed by atoms with Gasteiger partial charge in [-0.15, -0.1) is 0 Å². The molecule has 1 N–H and O–H groups in total. The first-order valence-corrected chi connectivity index (χ1v) is 11.1. The van der Waals surface area contributed by atoms with Crippen molar-refractivity contribution in [2.24, 2.45) is 0 Å². The summed E-state index contributed by atoms with van der Waals surface area (Å²) in [6.07, 6.45) is 0.620. The Morgan fingerprint density at radius 2 is 1.71 bits per heavy atom. The van der Waals surface area contributed by atoms with Crippen LogP contribution in [0.15, 0.2) is 84.9 Å². The molecule has 1 heterocycles. The van der Waals surface area contributed by atoms with Crippen molar-refractivity contribution in [1.29, 1.82) is 0 Å². The number of nitrogens with zero attached hydrogens (tertiary/aromatic N) is 2. The van der Waals surface area contributed by atoms with Gasteiger partial charge in [0.05, 0.1) is 30.9 Å². The van der Waals surface area contributed by atoms with Gasteiger partial charge in [-0.1, -0.05) is 54.6 Å². The molecular formula is C28H25N3O3. The van der Waals surface area contributed by atoms with Gasteiger partial charge >= 0.3 is 0 Å². The lowest BCUT2D eigenvalue weighted by Gasteiger charge is -2.14. The number of nitrogens with one attached hydrogen (secondary N) is 1. The Hall–Kier alpha value is -4.32. The first-order valence-electron chi connectivity index (χ1n) is 11.1. The van der Waals surface area contributed by atoms with Crippen molar-refractivity contribution >= 4 is 33.4 Å². The summed E-state index contributed by atoms with van der Waals surface area (Å²) < 4.78 is 12.7. The van der Waals surface area contributed by atoms with Crippen LogP contribution < -0.4 is 14.8 Å². The first-order chi connectivity index (χ1) is 16.7. The number of hydrogen-bond acceptors (Lipinski definition) is 4. The Kier molecular flexibility index (Phi) is 5.87. The zero-order valence-corrected chi connectivity index (χ0v) is 19.1. The molecule has 0 aliphatic heterocycles. The minimum Gasteiger partial charge on any atom is -0.497 e. The molecule has 170 valence electrons. The van der Waals surface area contributed by atoms with E-state index in [2.05, 4.69) is 35.6 Å². The van der Waals surface area contributed by atoms with Gasteiger partial charge in [0.15, 0.2) is 0 Å². The number of amides is 1. The van der Waals surface area contributed by atoms with E-state index in [1.807, 2.05) is 41.0 Å². The Morgan fingerprint density at radius 1 is 0.912 bits per heavy atom. The molecule has 34 heavy (non-hydrogen) atoms. The average molecular weight is 452 g/mol. The largest absolute Gasteiger partial charge is 0.497 e. The second-order valence-electron chi connectivity index (χ2n) is 8.03. The predicted molar refractivity (Wildman–Crippen MR) is 135 cm³/mol. The van der Waals surface area contributed by atoms with Crippen LogP contribution in [0.25, 0.3) is 21.8 Å². The number of hydrogen-bond donors (Lipinski definition) is 1. The van der Waals surface area contributed by atoms with E-state index in [0.29, 0.717) is 23.6 Å². The van der Waals surface area contributed by atoms with Crippen LogP contribution in [0.2, 0.25) is 0 Å². The SMILES string of the molecule is COc1ccc(NC(=O)Cn2c(Cc3cccc4ccccc34)nc3ccccc32)c(OC)c1. The number of imidazole rings is 1. The maximum Gasteiger partial charge on any atom is 0.244 e. The van der Waals surface area contributed by atoms with Crippen LogP contribution in [-0.4, -0.2) is 29.7 Å². The molecule has 1 amide bonds. The second-order valence-corrected chi connectivity index (χ2v) is 8.03. The first kappa shape index (κ1) is 21.5. The van der Waals surface area contributed by atoms with Crippen LogP contribution in [0.3, 0.4) is 0 Å². The number of anilines is 1. The molecule has 6 heteroatoms. The molecule has 0 bridgehead atoms. The topological polar surface area (TPSA) is 65.4 Å². The van der Waals surface area contributed by atoms with Crippen LogP contribution in [0.4, 0.5) is 5.69 Å². The number of carbonyl (C=O) groups is 1. The molecule has 0 saturated heterocycles. The number of ether oxygens (including phenoxy) is 2. The minimum atomic E-state index is -0.161. The highest BCUT2D eigenvalue weighted by Crippen LogP contribution is 2.29. The van der Waals surface area contributed by atoms with Crippen molar-refractivity contribution in [3.8, 4) is 11.5 Å². The maximum absolute atomic E-state index is 13.1. The van der Waals surface area contributed by atoms with Crippen molar-refractivity contribution in [2.75, 3.05) is 19.5 Å². The van der Waals surface area contributed by atoms with Gasteiger partial charge < -0.3 is 19.4 Å². The highest BCUT2D eigenvalue weighted by molar-refractivity contribution is 5.93. The molecule has 0 radical (unpaired) electrons. The summed E-state index contributed by atoms with van der Waals surface area (Å²) in [4.78, 5) is 18.0. The van der Waals surface area contributed by atoms with Crippen molar-refractivity contribution in [3.05, 3.63) is 96.3 Å². The van der Waals surface area contributed by atoms with E-state index >= 15 is 0 Å². The molecule has 0 aliphatic rings. The van der Waals surface area contributed by atoms with E-state index in [-0.39, 0.29) is 12.5 Å². The predicted octanol–water partition coefficient (Wildman–Crippen LogP) is 5.44. The van der Waals surface area contributed by atoms with Crippen molar-refractivity contribution in [3.63, 3.8) is 0 Å². The molecule has 0 fully saturated rings. The summed E-state index contributed by atoms with van der Waals surface area (Å²) in [6.45, 7) is 0.135. The Bertz CT molecular complexity index is 1480. The van der Waals surface area contributed by atoms with Gasteiger partial charge in [0.1, 0.15) is 23.9 Å². The number of rotatable bonds is 7. The van der Waals surface area contributed by atoms with E-state index in [9.17, 15) is 4.79 Å². The molecule has 5 rings (SSSR count). The van der Waals surface area contributed by atoms with E-state index in [1.165, 1.54) is 16.3 Å². The third-order valence-corrected chi connectivity index (χ3v) is 5.95. The molecule has 5 aromatic rings. The Labute approximate surface area is 197 Å². The number of methoxy groups -OCH3 is 2. The maximum atomic E-state index is 13.1. The quantitative estimate of drug-likeness (QED) is 0.358. The van der Waals surface area contributed by atoms with Crippen molar-refractivity contribution in [2.45, 2.75) is 13.0 Å². The lowest BCUT2D eigenvalue weighted by atomic mass is 10.0. The number of fused-ring (bicyclic) bond motifs is 2. The summed E-state index contributed by atoms with van der Waals surface area (Å²) in [6, 6.07) is 27.8. The van der Waals surface area contributed by atoms with Crippen LogP contribution in [0.5, 0.6) is 11.5 Å². The van der Waals surface area contributed by atoms with Crippen LogP contribution in [0, 0.1) is 0 Å². The molecule has 0 spiro atoms. The molecule has 1 aromatic heterocycles. The number of para-hydroxylation sites is 2. The van der Waals surface area contributed by atoms with E-state index in [4.69, 9.17) is 14.5 Å². The summed E-state index contributed by atoms with van der Waals surface area (Å²) in [5.74, 6) is 1.88. The van der Waals surface area contributed by atoms with Crippen LogP contribution >= 0.6 is 0 Å². The smallest absolute Gasteiger partial charge is 0.244 e. The van der Waals surface area contributed by atoms with E-state index < -0.39 is 0 Å². The fraction of sp³-hybridized carbons (Fsp3) is 0.143. The molecule has 0 aliphatic carbocycles. The highest BCUT2D eigenvalue weighted by atomic mass is 16.5. The Morgan fingerprint density at radius 3 is 2.56 bits per heavy atom. The van der Waals surface area contributed by atoms with Gasteiger partial charge in [0.25, 0.3) is 0 Å². The summed E-state index contributed by atoms with van der Waals surface area (Å²) in [7, 11) is 3.16. The second kappa shape index (κ2) is 9.27. The fourth-order valence-electron chi connectivity index (χ4n) is 4.29. The molecule has 4 aromatic carbocycles. The molecule has 6 nitrogen and oxygen atoms in total. The molecular weight excluding hydrogens is 426 g/mol. The minimum absolute atomic E-state index is 0.135. The summed E-state index contributed by atoms with van der Waals surface area (Å²) in [5, 5.41) is 5.35. The monoisotopic (exact) mass is 451 g/mol. The standard InChI is InChI=1S/C28H25N3O3/c1-33-21-14-15-24(26(17-21)34-2)30-28(32)18-31-25-13-6-5-12-23(25)29-27(31)16-20-10-7-9-19-8-3-4-11-22(19)20/h3-15,17H,16,18H2,1-2H3,(H,30,32). The molecule has 0 saturated carbocycles. The van der Waals surface area contributed by atoms with E-state index in [0.717, 1.165) is 16.9 Å². The lowest BCUT2D eigenvalue weighted by molar-refractivity contribution is -0.116. The normalized spacial score (nSPS) is 11.0. The fourth-order valence-corrected chi connectivity index (χ4v) is 4.29. The van der Waals surface area contributed by atoms with Gasteiger partial charge in [0.2, 0.25) is 5.91 Å². The summed E-state index contributed by atoms with van der Waals surface area (Å²) in [5.41, 5.74) is 3.56. The third kappa shape index (κ3) is 4.18. The Balaban J connectivity index is 1.47. The number of carbonyl (C=O) groups excluding carboxylic acids is 1. The van der Waals surface area contributed by atoms with Gasteiger partial charge in [-0.2, -0.15) is 0 Å². The average Bonchev–Trinajstić information content (AvgIpc) is 3.21. The zero-order chi connectivity index (χ0) is 23.5. The van der Waals surface area contributed by atoms with Gasteiger partial charge in [-0.25, -0.2) is 4.98 Å². The van der Waals surface area contributed by atoms with Crippen LogP contribution in [-0.2, 0) is 17.8 Å². The number of aromatic nitrogens is 2. The summed E-state index contributed by atoms with van der Waals surface area (Å²) >= 11 is 0. The van der Waals surface area contributed by atoms with E-state index in [1.54, 1.807) is 32.4 Å². The lowest BCUT2D eigenvalue weighted by Crippen LogP contribution is -2.20. The molecule has 0 atom stereocenters. The molecule has 0 unspecified atom stereocenters. The van der Waals surface area contributed by atoms with Crippen LogP contribution in [0.1, 0.15) is 11.4 Å².